The fraction of sp³-hybridized carbons (Fsp3) is 0.650. The van der Waals surface area contributed by atoms with Crippen LogP contribution in [-0.2, 0) is 38.3 Å². The molecule has 0 aliphatic carbocycles. The zero-order valence-corrected chi connectivity index (χ0v) is 20.8. The van der Waals surface area contributed by atoms with E-state index >= 15 is 0 Å². The molecule has 0 fully saturated rings. The van der Waals surface area contributed by atoms with Gasteiger partial charge in [-0.05, 0) is 6.92 Å². The third-order valence-electron chi connectivity index (χ3n) is 3.18. The summed E-state index contributed by atoms with van der Waals surface area (Å²) in [7, 11) is 5.95. The van der Waals surface area contributed by atoms with Crippen molar-refractivity contribution >= 4 is 41.8 Å². The van der Waals surface area contributed by atoms with E-state index in [0.29, 0.717) is 19.4 Å². The van der Waals surface area contributed by atoms with Gasteiger partial charge in [-0.3, -0.25) is 28.8 Å². The molecule has 15 nitrogen and oxygen atoms in total. The summed E-state index contributed by atoms with van der Waals surface area (Å²) in [5.74, 6) is -2.11. The molecular weight excluding hydrogens is 470 g/mol. The van der Waals surface area contributed by atoms with Crippen molar-refractivity contribution < 1.29 is 48.5 Å². The number of nitrogens with two attached hydrogens (primary N) is 1. The molecule has 0 radical (unpaired) electrons. The van der Waals surface area contributed by atoms with Crippen LogP contribution in [0.4, 0.5) is 0 Å². The van der Waals surface area contributed by atoms with Crippen LogP contribution in [0.3, 0.4) is 0 Å². The van der Waals surface area contributed by atoms with E-state index in [0.717, 1.165) is 6.29 Å². The average molecular weight is 510 g/mol. The highest BCUT2D eigenvalue weighted by atomic mass is 16.5. The molecule has 204 valence electrons. The number of aldehydes is 1. The van der Waals surface area contributed by atoms with Gasteiger partial charge in [-0.1, -0.05) is 0 Å². The summed E-state index contributed by atoms with van der Waals surface area (Å²) in [6.07, 6.45) is -0.0205. The quantitative estimate of drug-likeness (QED) is 0.0822. The second kappa shape index (κ2) is 28.4. The first-order valence-corrected chi connectivity index (χ1v) is 10.4. The van der Waals surface area contributed by atoms with Gasteiger partial charge in [0.15, 0.2) is 0 Å². The molecule has 0 aromatic rings. The molecule has 0 bridgehead atoms. The lowest BCUT2D eigenvalue weighted by molar-refractivity contribution is -0.146. The first-order chi connectivity index (χ1) is 16.4. The zero-order valence-electron chi connectivity index (χ0n) is 20.8. The molecule has 0 aliphatic rings. The van der Waals surface area contributed by atoms with Gasteiger partial charge in [0.2, 0.25) is 29.5 Å². The molecule has 5 amide bonds. The van der Waals surface area contributed by atoms with Crippen molar-refractivity contribution in [1.82, 2.24) is 21.3 Å². The summed E-state index contributed by atoms with van der Waals surface area (Å²) in [6, 6.07) is 0. The molecule has 0 rings (SSSR count). The minimum Gasteiger partial charge on any atom is -0.466 e. The van der Waals surface area contributed by atoms with Crippen LogP contribution in [-0.4, -0.2) is 99.5 Å². The van der Waals surface area contributed by atoms with Gasteiger partial charge in [0.25, 0.3) is 0 Å². The summed E-state index contributed by atoms with van der Waals surface area (Å²) < 4.78 is 4.51. The van der Waals surface area contributed by atoms with Crippen LogP contribution in [0.2, 0.25) is 0 Å². The molecular formula is C20H39N5O10. The number of amides is 5. The fourth-order valence-electron chi connectivity index (χ4n) is 1.37. The normalized spacial score (nSPS) is 9.46. The van der Waals surface area contributed by atoms with Crippen LogP contribution in [0, 0.1) is 0 Å². The maximum atomic E-state index is 10.5. The predicted molar refractivity (Wildman–Crippen MR) is 124 cm³/mol. The highest BCUT2D eigenvalue weighted by molar-refractivity contribution is 5.95. The van der Waals surface area contributed by atoms with E-state index in [2.05, 4.69) is 31.7 Å². The first kappa shape index (κ1) is 38.7. The van der Waals surface area contributed by atoms with Crippen molar-refractivity contribution in [2.24, 2.45) is 5.73 Å². The SMILES string of the molecule is CCOC(=O)CC(=O)NC.CNC(=O)CC(N)=O.CNC(=O)CC(O)CO.CNC(=O)CCC=O. The number of primary amides is 1. The van der Waals surface area contributed by atoms with Crippen LogP contribution in [0.25, 0.3) is 0 Å². The highest BCUT2D eigenvalue weighted by Crippen LogP contribution is 1.87. The summed E-state index contributed by atoms with van der Waals surface area (Å²) in [4.78, 5) is 71.5. The van der Waals surface area contributed by atoms with E-state index in [1.54, 1.807) is 14.0 Å². The van der Waals surface area contributed by atoms with Crippen molar-refractivity contribution in [3.05, 3.63) is 0 Å². The second-order valence-corrected chi connectivity index (χ2v) is 6.06. The first-order valence-electron chi connectivity index (χ1n) is 10.4. The van der Waals surface area contributed by atoms with E-state index in [4.69, 9.17) is 10.2 Å². The van der Waals surface area contributed by atoms with E-state index < -0.39 is 18.0 Å². The topological polar surface area (TPSA) is 243 Å². The molecule has 0 aromatic carbocycles. The Hall–Kier alpha value is -3.59. The summed E-state index contributed by atoms with van der Waals surface area (Å²) in [6.45, 7) is 1.64. The molecule has 15 heteroatoms. The number of rotatable bonds is 11. The molecule has 0 aliphatic heterocycles. The molecule has 35 heavy (non-hydrogen) atoms. The summed E-state index contributed by atoms with van der Waals surface area (Å²) >= 11 is 0. The molecule has 1 unspecified atom stereocenters. The molecule has 0 spiro atoms. The largest absolute Gasteiger partial charge is 0.466 e. The van der Waals surface area contributed by atoms with Gasteiger partial charge in [-0.25, -0.2) is 0 Å². The Morgan fingerprint density at radius 1 is 0.857 bits per heavy atom. The van der Waals surface area contributed by atoms with E-state index in [1.807, 2.05) is 0 Å². The standard InChI is InChI=1S/C6H11NO3.C5H11NO3.C5H9NO2.C4H8N2O2/c1-3-10-6(9)4-5(8)7-2;1-6-5(9)2-4(8)3-7;1-6-5(8)3-2-4-7;1-6-4(8)2-3(5)7/h3-4H2,1-2H3,(H,7,8);4,7-8H,2-3H2,1H3,(H,6,9);4H,2-3H2,1H3,(H,6,8);2H2,1H3,(H2,5,7)(H,6,8). The Morgan fingerprint density at radius 3 is 1.63 bits per heavy atom. The Balaban J connectivity index is -0.000000184. The maximum absolute atomic E-state index is 10.5. The number of ether oxygens (including phenoxy) is 1. The number of aliphatic hydroxyl groups is 2. The van der Waals surface area contributed by atoms with Crippen molar-refractivity contribution in [3.8, 4) is 0 Å². The molecule has 8 N–H and O–H groups in total. The minimum atomic E-state index is -0.926. The van der Waals surface area contributed by atoms with E-state index in [1.165, 1.54) is 21.1 Å². The van der Waals surface area contributed by atoms with Gasteiger partial charge >= 0.3 is 5.97 Å². The lowest BCUT2D eigenvalue weighted by atomic mass is 10.2. The van der Waals surface area contributed by atoms with Crippen LogP contribution in [0.1, 0.15) is 39.0 Å². The van der Waals surface area contributed by atoms with Crippen LogP contribution in [0.15, 0.2) is 0 Å². The lowest BCUT2D eigenvalue weighted by Gasteiger charge is -2.03. The van der Waals surface area contributed by atoms with E-state index in [-0.39, 0.29) is 49.5 Å². The molecule has 0 aromatic heterocycles. The number of hydrogen-bond donors (Lipinski definition) is 7. The number of aliphatic hydroxyl groups excluding tert-OH is 2. The Kier molecular flexibility index (Phi) is 31.4. The van der Waals surface area contributed by atoms with E-state index in [9.17, 15) is 33.6 Å². The van der Waals surface area contributed by atoms with Gasteiger partial charge in [0, 0.05) is 41.0 Å². The van der Waals surface area contributed by atoms with Crippen molar-refractivity contribution in [3.63, 3.8) is 0 Å². The Morgan fingerprint density at radius 2 is 1.31 bits per heavy atom. The van der Waals surface area contributed by atoms with Crippen molar-refractivity contribution in [2.45, 2.75) is 45.1 Å². The highest BCUT2D eigenvalue weighted by Gasteiger charge is 2.07. The Bertz CT molecular complexity index is 644. The Labute approximate surface area is 204 Å². The summed E-state index contributed by atoms with van der Waals surface area (Å²) in [5.41, 5.74) is 4.67. The molecule has 0 saturated carbocycles. The number of carbonyl (C=O) groups is 7. The number of hydrogen-bond acceptors (Lipinski definition) is 10. The van der Waals surface area contributed by atoms with Crippen molar-refractivity contribution in [1.29, 1.82) is 0 Å². The minimum absolute atomic E-state index is 0.0347. The van der Waals surface area contributed by atoms with Gasteiger partial charge in [0.1, 0.15) is 19.1 Å². The van der Waals surface area contributed by atoms with Gasteiger partial charge in [-0.15, -0.1) is 0 Å². The number of esters is 1. The van der Waals surface area contributed by atoms with Crippen LogP contribution in [0.5, 0.6) is 0 Å². The molecule has 0 saturated heterocycles. The lowest BCUT2D eigenvalue weighted by Crippen LogP contribution is -2.25. The second-order valence-electron chi connectivity index (χ2n) is 6.06. The smallest absolute Gasteiger partial charge is 0.315 e. The zero-order chi connectivity index (χ0) is 28.2. The average Bonchev–Trinajstić information content (AvgIpc) is 2.82. The predicted octanol–water partition coefficient (Wildman–Crippen LogP) is -3.52. The monoisotopic (exact) mass is 509 g/mol. The maximum Gasteiger partial charge on any atom is 0.315 e. The number of carbonyl (C=O) groups excluding carboxylic acids is 7. The third-order valence-corrected chi connectivity index (χ3v) is 3.18. The van der Waals surface area contributed by atoms with Gasteiger partial charge < -0.3 is 46.7 Å². The third kappa shape index (κ3) is 38.0. The molecule has 1 atom stereocenters. The van der Waals surface area contributed by atoms with Crippen LogP contribution >= 0.6 is 0 Å². The van der Waals surface area contributed by atoms with Crippen LogP contribution < -0.4 is 27.0 Å². The van der Waals surface area contributed by atoms with Crippen molar-refractivity contribution in [2.75, 3.05) is 41.4 Å². The van der Waals surface area contributed by atoms with Gasteiger partial charge in [-0.2, -0.15) is 0 Å². The van der Waals surface area contributed by atoms with Gasteiger partial charge in [0.05, 0.1) is 25.7 Å². The number of nitrogens with one attached hydrogen (secondary N) is 4. The fourth-order valence-corrected chi connectivity index (χ4v) is 1.37. The molecule has 0 heterocycles. The summed E-state index contributed by atoms with van der Waals surface area (Å²) in [5, 5.41) is 26.2.